The van der Waals surface area contributed by atoms with Gasteiger partial charge in [0.1, 0.15) is 5.82 Å². The number of benzene rings is 1. The first-order valence-electron chi connectivity index (χ1n) is 5.95. The fourth-order valence-corrected chi connectivity index (χ4v) is 1.85. The lowest BCUT2D eigenvalue weighted by molar-refractivity contribution is -0.384. The summed E-state index contributed by atoms with van der Waals surface area (Å²) >= 11 is 5.80. The summed E-state index contributed by atoms with van der Waals surface area (Å²) in [7, 11) is 0. The van der Waals surface area contributed by atoms with Crippen LogP contribution in [0.5, 0.6) is 0 Å². The van der Waals surface area contributed by atoms with Crippen LogP contribution in [0.4, 0.5) is 17.3 Å². The van der Waals surface area contributed by atoms with Crippen molar-refractivity contribution in [2.75, 3.05) is 17.6 Å². The lowest BCUT2D eigenvalue weighted by Gasteiger charge is -2.07. The molecule has 0 amide bonds. The molecule has 1 heterocycles. The number of nitro groups is 1. The quantitative estimate of drug-likeness (QED) is 0.653. The third-order valence-corrected chi connectivity index (χ3v) is 2.96. The molecule has 3 N–H and O–H groups in total. The summed E-state index contributed by atoms with van der Waals surface area (Å²) in [5, 5.41) is 14.5. The second-order valence-corrected chi connectivity index (χ2v) is 4.60. The number of nitrogens with one attached hydrogen (secondary N) is 1. The highest BCUT2D eigenvalue weighted by atomic mass is 35.5. The zero-order valence-electron chi connectivity index (χ0n) is 10.5. The van der Waals surface area contributed by atoms with Gasteiger partial charge in [-0.2, -0.15) is 0 Å². The van der Waals surface area contributed by atoms with Crippen molar-refractivity contribution < 1.29 is 4.92 Å². The van der Waals surface area contributed by atoms with E-state index in [0.29, 0.717) is 18.0 Å². The monoisotopic (exact) mass is 292 g/mol. The van der Waals surface area contributed by atoms with E-state index >= 15 is 0 Å². The van der Waals surface area contributed by atoms with Crippen LogP contribution in [-0.2, 0) is 6.42 Å². The van der Waals surface area contributed by atoms with E-state index in [1.165, 1.54) is 12.1 Å². The molecule has 1 aromatic carbocycles. The van der Waals surface area contributed by atoms with Crippen molar-refractivity contribution in [1.82, 2.24) is 4.98 Å². The van der Waals surface area contributed by atoms with Gasteiger partial charge < -0.3 is 11.1 Å². The normalized spacial score (nSPS) is 10.2. The minimum absolute atomic E-state index is 0.0877. The maximum atomic E-state index is 10.9. The molecule has 104 valence electrons. The van der Waals surface area contributed by atoms with Crippen LogP contribution in [0.2, 0.25) is 5.02 Å². The first-order valence-corrected chi connectivity index (χ1v) is 6.33. The van der Waals surface area contributed by atoms with Crippen molar-refractivity contribution in [3.8, 4) is 0 Å². The topological polar surface area (TPSA) is 94.1 Å². The van der Waals surface area contributed by atoms with Gasteiger partial charge in [-0.05, 0) is 30.2 Å². The van der Waals surface area contributed by atoms with Gasteiger partial charge >= 0.3 is 5.69 Å². The molecular formula is C13H13ClN4O2. The van der Waals surface area contributed by atoms with Crippen LogP contribution in [-0.4, -0.2) is 16.5 Å². The van der Waals surface area contributed by atoms with E-state index in [9.17, 15) is 10.1 Å². The predicted octanol–water partition coefficient (Wildman–Crippen LogP) is 2.88. The fourth-order valence-electron chi connectivity index (χ4n) is 1.72. The molecular weight excluding hydrogens is 280 g/mol. The summed E-state index contributed by atoms with van der Waals surface area (Å²) in [6.45, 7) is 0.513. The third-order valence-electron chi connectivity index (χ3n) is 2.71. The molecule has 0 radical (unpaired) electrons. The number of nitrogens with two attached hydrogens (primary N) is 1. The molecule has 7 heteroatoms. The number of pyridine rings is 1. The minimum atomic E-state index is -0.489. The second kappa shape index (κ2) is 6.21. The SMILES string of the molecule is Nc1ccc([N+](=O)[O-])c(NCCc2ccc(Cl)cc2)n1. The number of nitrogen functional groups attached to an aromatic ring is 1. The van der Waals surface area contributed by atoms with Gasteiger partial charge in [0.05, 0.1) is 4.92 Å². The lowest BCUT2D eigenvalue weighted by Crippen LogP contribution is -2.09. The highest BCUT2D eigenvalue weighted by molar-refractivity contribution is 6.30. The zero-order valence-corrected chi connectivity index (χ0v) is 11.3. The number of aromatic nitrogens is 1. The van der Waals surface area contributed by atoms with Gasteiger partial charge in [0, 0.05) is 17.6 Å². The van der Waals surface area contributed by atoms with Crippen molar-refractivity contribution in [2.45, 2.75) is 6.42 Å². The Hall–Kier alpha value is -2.34. The van der Waals surface area contributed by atoms with Crippen LogP contribution in [0.15, 0.2) is 36.4 Å². The molecule has 6 nitrogen and oxygen atoms in total. The minimum Gasteiger partial charge on any atom is -0.384 e. The van der Waals surface area contributed by atoms with Gasteiger partial charge in [-0.1, -0.05) is 23.7 Å². The summed E-state index contributed by atoms with van der Waals surface area (Å²) in [5.41, 5.74) is 6.53. The summed E-state index contributed by atoms with van der Waals surface area (Å²) in [6.07, 6.45) is 0.699. The largest absolute Gasteiger partial charge is 0.384 e. The van der Waals surface area contributed by atoms with Gasteiger partial charge in [-0.3, -0.25) is 10.1 Å². The van der Waals surface area contributed by atoms with E-state index in [0.717, 1.165) is 5.56 Å². The molecule has 0 spiro atoms. The molecule has 2 aromatic rings. The smallest absolute Gasteiger partial charge is 0.311 e. The van der Waals surface area contributed by atoms with Gasteiger partial charge in [-0.25, -0.2) is 4.98 Å². The van der Waals surface area contributed by atoms with Crippen LogP contribution in [0.3, 0.4) is 0 Å². The van der Waals surface area contributed by atoms with E-state index in [2.05, 4.69) is 10.3 Å². The number of nitrogens with zero attached hydrogens (tertiary/aromatic N) is 2. The van der Waals surface area contributed by atoms with Crippen molar-refractivity contribution in [3.63, 3.8) is 0 Å². The average Bonchev–Trinajstić information content (AvgIpc) is 2.41. The Morgan fingerprint density at radius 1 is 1.25 bits per heavy atom. The maximum absolute atomic E-state index is 10.9. The second-order valence-electron chi connectivity index (χ2n) is 4.16. The molecule has 0 aliphatic carbocycles. The Kier molecular flexibility index (Phi) is 4.37. The molecule has 0 unspecified atom stereocenters. The molecule has 0 atom stereocenters. The number of anilines is 2. The average molecular weight is 293 g/mol. The number of rotatable bonds is 5. The predicted molar refractivity (Wildman–Crippen MR) is 78.9 cm³/mol. The number of hydrogen-bond acceptors (Lipinski definition) is 5. The summed E-state index contributed by atoms with van der Waals surface area (Å²) < 4.78 is 0. The van der Waals surface area contributed by atoms with Crippen molar-refractivity contribution in [2.24, 2.45) is 0 Å². The standard InChI is InChI=1S/C13H13ClN4O2/c14-10-3-1-9(2-4-10)7-8-16-13-11(18(19)20)5-6-12(15)17-13/h1-6H,7-8H2,(H3,15,16,17). The molecule has 0 fully saturated rings. The molecule has 0 bridgehead atoms. The molecule has 0 aliphatic heterocycles. The molecule has 0 saturated heterocycles. The summed E-state index contributed by atoms with van der Waals surface area (Å²) in [5.74, 6) is 0.425. The maximum Gasteiger partial charge on any atom is 0.311 e. The van der Waals surface area contributed by atoms with E-state index in [4.69, 9.17) is 17.3 Å². The molecule has 20 heavy (non-hydrogen) atoms. The van der Waals surface area contributed by atoms with Crippen LogP contribution >= 0.6 is 11.6 Å². The van der Waals surface area contributed by atoms with Gasteiger partial charge in [0.15, 0.2) is 0 Å². The van der Waals surface area contributed by atoms with Crippen molar-refractivity contribution in [1.29, 1.82) is 0 Å². The zero-order chi connectivity index (χ0) is 14.5. The fraction of sp³-hybridized carbons (Fsp3) is 0.154. The van der Waals surface area contributed by atoms with Crippen molar-refractivity contribution in [3.05, 3.63) is 57.1 Å². The van der Waals surface area contributed by atoms with Gasteiger partial charge in [-0.15, -0.1) is 0 Å². The van der Waals surface area contributed by atoms with Gasteiger partial charge in [0.2, 0.25) is 5.82 Å². The molecule has 2 rings (SSSR count). The van der Waals surface area contributed by atoms with Gasteiger partial charge in [0.25, 0.3) is 0 Å². The Morgan fingerprint density at radius 2 is 1.95 bits per heavy atom. The molecule has 0 saturated carbocycles. The van der Waals surface area contributed by atoms with E-state index in [1.807, 2.05) is 12.1 Å². The highest BCUT2D eigenvalue weighted by Gasteiger charge is 2.14. The lowest BCUT2D eigenvalue weighted by atomic mass is 10.1. The third kappa shape index (κ3) is 3.58. The van der Waals surface area contributed by atoms with Crippen LogP contribution in [0.25, 0.3) is 0 Å². The van der Waals surface area contributed by atoms with E-state index < -0.39 is 4.92 Å². The first-order chi connectivity index (χ1) is 9.56. The van der Waals surface area contributed by atoms with E-state index in [-0.39, 0.29) is 17.3 Å². The molecule has 0 aliphatic rings. The van der Waals surface area contributed by atoms with E-state index in [1.54, 1.807) is 12.1 Å². The van der Waals surface area contributed by atoms with Crippen molar-refractivity contribution >= 4 is 28.9 Å². The molecule has 1 aromatic heterocycles. The van der Waals surface area contributed by atoms with Crippen LogP contribution in [0, 0.1) is 10.1 Å². The number of hydrogen-bond donors (Lipinski definition) is 2. The Balaban J connectivity index is 2.02. The summed E-state index contributed by atoms with van der Waals surface area (Å²) in [6, 6.07) is 10.2. The van der Waals surface area contributed by atoms with Crippen LogP contribution < -0.4 is 11.1 Å². The Bertz CT molecular complexity index is 616. The van der Waals surface area contributed by atoms with Crippen LogP contribution in [0.1, 0.15) is 5.56 Å². The number of halogens is 1. The summed E-state index contributed by atoms with van der Waals surface area (Å²) in [4.78, 5) is 14.3. The highest BCUT2D eigenvalue weighted by Crippen LogP contribution is 2.22. The first kappa shape index (κ1) is 14.1. The Labute approximate surface area is 120 Å². The Morgan fingerprint density at radius 3 is 2.60 bits per heavy atom.